The fourth-order valence-electron chi connectivity index (χ4n) is 2.30. The maximum Gasteiger partial charge on any atom is 0.0502 e. The van der Waals surface area contributed by atoms with Crippen molar-refractivity contribution in [2.75, 3.05) is 0 Å². The van der Waals surface area contributed by atoms with Gasteiger partial charge in [0, 0.05) is 0 Å². The lowest BCUT2D eigenvalue weighted by molar-refractivity contribution is 0.713. The van der Waals surface area contributed by atoms with Crippen molar-refractivity contribution in [2.24, 2.45) is 11.7 Å². The van der Waals surface area contributed by atoms with Gasteiger partial charge >= 0.3 is 0 Å². The average Bonchev–Trinajstić information content (AvgIpc) is 2.47. The Balaban J connectivity index is 2.42. The van der Waals surface area contributed by atoms with Crippen molar-refractivity contribution in [1.29, 1.82) is 0 Å². The van der Waals surface area contributed by atoms with Crippen LogP contribution in [0.1, 0.15) is 33.1 Å². The van der Waals surface area contributed by atoms with Gasteiger partial charge in [0.15, 0.2) is 0 Å². The summed E-state index contributed by atoms with van der Waals surface area (Å²) in [6.45, 7) is 4.30. The summed E-state index contributed by atoms with van der Waals surface area (Å²) < 4.78 is 0. The molecule has 2 unspecified atom stereocenters. The van der Waals surface area contributed by atoms with E-state index in [0.717, 1.165) is 0 Å². The van der Waals surface area contributed by atoms with Gasteiger partial charge in [-0.2, -0.15) is 0 Å². The number of rotatable bonds is 0. The molecule has 1 nitrogen and oxygen atoms in total. The highest BCUT2D eigenvalue weighted by atomic mass is 14.7. The lowest BCUT2D eigenvalue weighted by Crippen LogP contribution is -2.31. The molecule has 76 valence electrons. The summed E-state index contributed by atoms with van der Waals surface area (Å²) in [4.78, 5) is 0. The van der Waals surface area contributed by atoms with E-state index >= 15 is 0 Å². The van der Waals surface area contributed by atoms with Crippen LogP contribution in [0.5, 0.6) is 0 Å². The van der Waals surface area contributed by atoms with Gasteiger partial charge in [0.05, 0.1) is 5.54 Å². The molecule has 2 atom stereocenters. The zero-order valence-electron chi connectivity index (χ0n) is 9.09. The topological polar surface area (TPSA) is 26.0 Å². The zero-order chi connectivity index (χ0) is 10.2. The van der Waals surface area contributed by atoms with Gasteiger partial charge in [0.2, 0.25) is 0 Å². The second-order valence-corrected chi connectivity index (χ2v) is 4.80. The molecular weight excluding hydrogens is 170 g/mol. The van der Waals surface area contributed by atoms with Gasteiger partial charge in [-0.3, -0.25) is 0 Å². The maximum atomic E-state index is 6.18. The molecule has 0 aromatic carbocycles. The van der Waals surface area contributed by atoms with Crippen molar-refractivity contribution < 1.29 is 0 Å². The first-order valence-corrected chi connectivity index (χ1v) is 5.48. The Morgan fingerprint density at radius 2 is 2.07 bits per heavy atom. The third-order valence-electron chi connectivity index (χ3n) is 3.01. The largest absolute Gasteiger partial charge is 0.319 e. The van der Waals surface area contributed by atoms with Crippen LogP contribution >= 0.6 is 0 Å². The lowest BCUT2D eigenvalue weighted by Gasteiger charge is -2.20. The third-order valence-corrected chi connectivity index (χ3v) is 3.01. The molecule has 0 spiro atoms. The highest BCUT2D eigenvalue weighted by Gasteiger charge is 2.20. The van der Waals surface area contributed by atoms with Gasteiger partial charge in [0.25, 0.3) is 0 Å². The molecule has 2 N–H and O–H groups in total. The van der Waals surface area contributed by atoms with Gasteiger partial charge in [-0.05, 0) is 43.3 Å². The Hall–Kier alpha value is -0.820. The molecule has 0 radical (unpaired) electrons. The van der Waals surface area contributed by atoms with E-state index in [-0.39, 0.29) is 5.54 Å². The molecular formula is C13H19N. The molecule has 0 amide bonds. The Morgan fingerprint density at radius 1 is 1.36 bits per heavy atom. The van der Waals surface area contributed by atoms with Crippen molar-refractivity contribution in [3.63, 3.8) is 0 Å². The second kappa shape index (κ2) is 3.39. The first-order valence-electron chi connectivity index (χ1n) is 5.48. The number of fused-ring (bicyclic) bond motifs is 1. The van der Waals surface area contributed by atoms with Crippen LogP contribution in [0.2, 0.25) is 0 Å². The monoisotopic (exact) mass is 189 g/mol. The second-order valence-electron chi connectivity index (χ2n) is 4.80. The molecule has 0 heterocycles. The van der Waals surface area contributed by atoms with Crippen molar-refractivity contribution in [1.82, 2.24) is 0 Å². The predicted molar refractivity (Wildman–Crippen MR) is 60.9 cm³/mol. The minimum absolute atomic E-state index is 0.257. The van der Waals surface area contributed by atoms with Crippen molar-refractivity contribution in [2.45, 2.75) is 38.6 Å². The summed E-state index contributed by atoms with van der Waals surface area (Å²) in [5, 5.41) is 0. The molecule has 0 saturated heterocycles. The molecule has 2 aliphatic rings. The molecule has 0 aromatic heterocycles. The summed E-state index contributed by atoms with van der Waals surface area (Å²) in [5.74, 6) is 0.523. The fourth-order valence-corrected chi connectivity index (χ4v) is 2.30. The Kier molecular flexibility index (Phi) is 2.36. The van der Waals surface area contributed by atoms with Crippen LogP contribution in [0.4, 0.5) is 0 Å². The first-order chi connectivity index (χ1) is 6.57. The zero-order valence-corrected chi connectivity index (χ0v) is 9.09. The van der Waals surface area contributed by atoms with Crippen LogP contribution < -0.4 is 5.73 Å². The highest BCUT2D eigenvalue weighted by molar-refractivity contribution is 5.40. The van der Waals surface area contributed by atoms with Crippen LogP contribution in [-0.2, 0) is 0 Å². The molecule has 14 heavy (non-hydrogen) atoms. The van der Waals surface area contributed by atoms with E-state index in [1.807, 2.05) is 0 Å². The van der Waals surface area contributed by atoms with Crippen LogP contribution in [-0.4, -0.2) is 5.54 Å². The predicted octanol–water partition coefficient (Wildman–Crippen LogP) is 2.95. The lowest BCUT2D eigenvalue weighted by atomic mass is 9.91. The van der Waals surface area contributed by atoms with E-state index in [0.29, 0.717) is 5.92 Å². The summed E-state index contributed by atoms with van der Waals surface area (Å²) >= 11 is 0. The Morgan fingerprint density at radius 3 is 2.86 bits per heavy atom. The van der Waals surface area contributed by atoms with E-state index in [1.165, 1.54) is 30.4 Å². The summed E-state index contributed by atoms with van der Waals surface area (Å²) in [7, 11) is 0. The summed E-state index contributed by atoms with van der Waals surface area (Å²) in [6.07, 6.45) is 12.7. The van der Waals surface area contributed by atoms with Gasteiger partial charge in [-0.25, -0.2) is 0 Å². The fraction of sp³-hybridized carbons (Fsp3) is 0.538. The van der Waals surface area contributed by atoms with Gasteiger partial charge in [-0.1, -0.05) is 31.2 Å². The standard InChI is InChI=1S/C13H19N/c1-10-6-7-13(2,14)9-12-5-3-4-11(12)8-10/h6-10H,3-5,14H2,1-2H3/b7-6-,11-8-,12-9-. The highest BCUT2D eigenvalue weighted by Crippen LogP contribution is 2.34. The van der Waals surface area contributed by atoms with Gasteiger partial charge in [0.1, 0.15) is 0 Å². The molecule has 0 aromatic rings. The van der Waals surface area contributed by atoms with E-state index in [2.05, 4.69) is 38.2 Å². The molecule has 0 aliphatic heterocycles. The van der Waals surface area contributed by atoms with E-state index in [9.17, 15) is 0 Å². The molecule has 2 aliphatic carbocycles. The maximum absolute atomic E-state index is 6.18. The van der Waals surface area contributed by atoms with Crippen molar-refractivity contribution in [3.8, 4) is 0 Å². The number of hydrogen-bond donors (Lipinski definition) is 1. The SMILES string of the molecule is CC1/C=C\C(C)(N)/C=C2/CCC/C2=C/1. The normalized spacial score (nSPS) is 46.6. The molecule has 0 bridgehead atoms. The summed E-state index contributed by atoms with van der Waals surface area (Å²) in [6, 6.07) is 0. The Bertz CT molecular complexity index is 318. The quantitative estimate of drug-likeness (QED) is 0.582. The summed E-state index contributed by atoms with van der Waals surface area (Å²) in [5.41, 5.74) is 8.92. The minimum Gasteiger partial charge on any atom is -0.319 e. The molecule has 1 heteroatoms. The number of nitrogens with two attached hydrogens (primary N) is 1. The number of allylic oxidation sites excluding steroid dienone is 4. The van der Waals surface area contributed by atoms with Crippen LogP contribution in [0, 0.1) is 5.92 Å². The van der Waals surface area contributed by atoms with Gasteiger partial charge < -0.3 is 5.73 Å². The number of hydrogen-bond acceptors (Lipinski definition) is 1. The van der Waals surface area contributed by atoms with Crippen molar-refractivity contribution in [3.05, 3.63) is 35.5 Å². The minimum atomic E-state index is -0.257. The molecule has 1 saturated carbocycles. The van der Waals surface area contributed by atoms with E-state index in [4.69, 9.17) is 5.73 Å². The molecule has 1 fully saturated rings. The van der Waals surface area contributed by atoms with Crippen LogP contribution in [0.3, 0.4) is 0 Å². The molecule has 2 rings (SSSR count). The average molecular weight is 189 g/mol. The smallest absolute Gasteiger partial charge is 0.0502 e. The van der Waals surface area contributed by atoms with Crippen molar-refractivity contribution >= 4 is 0 Å². The van der Waals surface area contributed by atoms with E-state index < -0.39 is 0 Å². The Labute approximate surface area is 86.4 Å². The van der Waals surface area contributed by atoms with Gasteiger partial charge in [-0.15, -0.1) is 0 Å². The van der Waals surface area contributed by atoms with Crippen LogP contribution in [0.15, 0.2) is 35.5 Å². The van der Waals surface area contributed by atoms with E-state index in [1.54, 1.807) is 0 Å². The van der Waals surface area contributed by atoms with Crippen LogP contribution in [0.25, 0.3) is 0 Å². The first kappa shape index (κ1) is 9.72. The third kappa shape index (κ3) is 1.98.